The van der Waals surface area contributed by atoms with Gasteiger partial charge in [0.05, 0.1) is 13.7 Å². The molecular weight excluding hydrogens is 466 g/mol. The van der Waals surface area contributed by atoms with Crippen molar-refractivity contribution in [3.8, 4) is 17.0 Å². The number of aromatic nitrogens is 3. The largest absolute Gasteiger partial charge is 0.497 e. The molecule has 0 radical (unpaired) electrons. The molecular formula is C29H29N5O3. The molecule has 0 unspecified atom stereocenters. The number of likely N-dealkylation sites (N-methyl/N-ethyl adjacent to an activating group) is 1. The van der Waals surface area contributed by atoms with E-state index in [0.717, 1.165) is 22.4 Å². The van der Waals surface area contributed by atoms with Crippen molar-refractivity contribution in [1.82, 2.24) is 19.7 Å². The highest BCUT2D eigenvalue weighted by molar-refractivity contribution is 5.98. The van der Waals surface area contributed by atoms with E-state index in [-0.39, 0.29) is 18.4 Å². The highest BCUT2D eigenvalue weighted by Gasteiger charge is 2.15. The van der Waals surface area contributed by atoms with E-state index in [1.165, 1.54) is 11.0 Å². The van der Waals surface area contributed by atoms with Gasteiger partial charge in [0.2, 0.25) is 11.8 Å². The average Bonchev–Trinajstić information content (AvgIpc) is 3.34. The van der Waals surface area contributed by atoms with Crippen LogP contribution in [0.4, 0.5) is 5.69 Å². The summed E-state index contributed by atoms with van der Waals surface area (Å²) >= 11 is 0. The number of hydrogen-bond donors (Lipinski definition) is 1. The van der Waals surface area contributed by atoms with Gasteiger partial charge >= 0.3 is 0 Å². The molecule has 0 spiro atoms. The summed E-state index contributed by atoms with van der Waals surface area (Å²) in [7, 11) is 1.57. The number of rotatable bonds is 10. The number of methoxy groups -OCH3 is 1. The molecule has 2 heterocycles. The summed E-state index contributed by atoms with van der Waals surface area (Å²) in [6, 6.07) is 20.9. The Morgan fingerprint density at radius 2 is 1.92 bits per heavy atom. The third-order valence-electron chi connectivity index (χ3n) is 5.70. The maximum atomic E-state index is 13.0. The third kappa shape index (κ3) is 6.91. The Bertz CT molecular complexity index is 1370. The molecule has 2 amide bonds. The Labute approximate surface area is 216 Å². The second-order valence-electron chi connectivity index (χ2n) is 8.32. The number of ether oxygens (including phenoxy) is 1. The van der Waals surface area contributed by atoms with Gasteiger partial charge in [-0.3, -0.25) is 19.3 Å². The molecule has 1 N–H and O–H groups in total. The van der Waals surface area contributed by atoms with E-state index in [0.29, 0.717) is 24.5 Å². The molecule has 0 aliphatic rings. The number of nitrogens with one attached hydrogen (secondary N) is 1. The van der Waals surface area contributed by atoms with Crippen molar-refractivity contribution < 1.29 is 14.3 Å². The van der Waals surface area contributed by atoms with E-state index in [2.05, 4.69) is 10.3 Å². The van der Waals surface area contributed by atoms with Crippen LogP contribution in [-0.4, -0.2) is 51.7 Å². The van der Waals surface area contributed by atoms with Gasteiger partial charge in [-0.15, -0.1) is 0 Å². The van der Waals surface area contributed by atoms with Gasteiger partial charge in [-0.25, -0.2) is 0 Å². The van der Waals surface area contributed by atoms with Crippen molar-refractivity contribution in [3.05, 3.63) is 103 Å². The van der Waals surface area contributed by atoms with Gasteiger partial charge in [0.15, 0.2) is 0 Å². The number of amides is 2. The molecule has 0 bridgehead atoms. The van der Waals surface area contributed by atoms with Gasteiger partial charge in [-0.1, -0.05) is 36.4 Å². The third-order valence-corrected chi connectivity index (χ3v) is 5.70. The number of carbonyl (C=O) groups excluding carboxylic acids is 2. The zero-order valence-corrected chi connectivity index (χ0v) is 20.9. The summed E-state index contributed by atoms with van der Waals surface area (Å²) in [5, 5.41) is 7.56. The normalized spacial score (nSPS) is 10.9. The molecule has 0 fully saturated rings. The quantitative estimate of drug-likeness (QED) is 0.327. The molecule has 8 nitrogen and oxygen atoms in total. The zero-order valence-electron chi connectivity index (χ0n) is 20.9. The number of pyridine rings is 1. The van der Waals surface area contributed by atoms with Gasteiger partial charge < -0.3 is 15.0 Å². The summed E-state index contributed by atoms with van der Waals surface area (Å²) < 4.78 is 7.04. The van der Waals surface area contributed by atoms with Crippen molar-refractivity contribution in [1.29, 1.82) is 0 Å². The Morgan fingerprint density at radius 3 is 2.65 bits per heavy atom. The Hall–Kier alpha value is -4.72. The van der Waals surface area contributed by atoms with Gasteiger partial charge in [0, 0.05) is 54.1 Å². The highest BCUT2D eigenvalue weighted by Crippen LogP contribution is 2.23. The molecule has 0 saturated heterocycles. The van der Waals surface area contributed by atoms with E-state index in [4.69, 9.17) is 9.84 Å². The second kappa shape index (κ2) is 12.3. The van der Waals surface area contributed by atoms with Crippen LogP contribution in [0.3, 0.4) is 0 Å². The topological polar surface area (TPSA) is 89.4 Å². The minimum atomic E-state index is -0.288. The Balaban J connectivity index is 1.49. The van der Waals surface area contributed by atoms with Gasteiger partial charge in [-0.05, 0) is 42.8 Å². The zero-order chi connectivity index (χ0) is 26.0. The lowest BCUT2D eigenvalue weighted by Gasteiger charge is -2.18. The number of nitrogens with zero attached hydrogens (tertiary/aromatic N) is 4. The van der Waals surface area contributed by atoms with Crippen molar-refractivity contribution in [2.75, 3.05) is 25.5 Å². The fourth-order valence-electron chi connectivity index (χ4n) is 3.82. The van der Waals surface area contributed by atoms with Crippen LogP contribution in [-0.2, 0) is 16.1 Å². The lowest BCUT2D eigenvalue weighted by molar-refractivity contribution is -0.130. The predicted molar refractivity (Wildman–Crippen MR) is 144 cm³/mol. The van der Waals surface area contributed by atoms with Crippen molar-refractivity contribution in [2.45, 2.75) is 13.5 Å². The monoisotopic (exact) mass is 495 g/mol. The maximum absolute atomic E-state index is 13.0. The highest BCUT2D eigenvalue weighted by atomic mass is 16.5. The van der Waals surface area contributed by atoms with Crippen molar-refractivity contribution in [3.63, 3.8) is 0 Å². The SMILES string of the molecule is CCN(CC(=O)Nc1cccc(OC)c1)C(=O)/C=C/c1cn(Cc2ccccc2)nc1-c1cccnc1. The maximum Gasteiger partial charge on any atom is 0.247 e. The molecule has 4 rings (SSSR count). The van der Waals surface area contributed by atoms with Crippen LogP contribution in [0.1, 0.15) is 18.1 Å². The fourth-order valence-corrected chi connectivity index (χ4v) is 3.82. The van der Waals surface area contributed by atoms with Crippen LogP contribution in [0.15, 0.2) is 91.4 Å². The summed E-state index contributed by atoms with van der Waals surface area (Å²) in [4.78, 5) is 31.3. The number of hydrogen-bond acceptors (Lipinski definition) is 5. The first-order chi connectivity index (χ1) is 18.1. The first kappa shape index (κ1) is 25.4. The average molecular weight is 496 g/mol. The molecule has 4 aromatic rings. The standard InChI is InChI=1S/C29H29N5O3/c1-3-33(21-27(35)31-25-12-7-13-26(17-25)37-2)28(36)15-14-24-20-34(19-22-9-5-4-6-10-22)32-29(24)23-11-8-16-30-18-23/h4-18,20H,3,19,21H2,1-2H3,(H,31,35)/b15-14+. The molecule has 0 atom stereocenters. The van der Waals surface area contributed by atoms with Crippen molar-refractivity contribution >= 4 is 23.6 Å². The molecule has 188 valence electrons. The summed E-state index contributed by atoms with van der Waals surface area (Å²) in [6.45, 7) is 2.75. The van der Waals surface area contributed by atoms with E-state index >= 15 is 0 Å². The first-order valence-electron chi connectivity index (χ1n) is 12.0. The molecule has 37 heavy (non-hydrogen) atoms. The predicted octanol–water partition coefficient (Wildman–Crippen LogP) is 4.50. The van der Waals surface area contributed by atoms with Crippen LogP contribution in [0.2, 0.25) is 0 Å². The van der Waals surface area contributed by atoms with Crippen molar-refractivity contribution in [2.24, 2.45) is 0 Å². The molecule has 2 aromatic carbocycles. The summed E-state index contributed by atoms with van der Waals surface area (Å²) in [5.41, 5.74) is 4.09. The van der Waals surface area contributed by atoms with E-state index < -0.39 is 0 Å². The van der Waals surface area contributed by atoms with Crippen LogP contribution >= 0.6 is 0 Å². The minimum absolute atomic E-state index is 0.0698. The summed E-state index contributed by atoms with van der Waals surface area (Å²) in [6.07, 6.45) is 8.58. The first-order valence-corrected chi connectivity index (χ1v) is 12.0. The number of anilines is 1. The fraction of sp³-hybridized carbons (Fsp3) is 0.172. The molecule has 0 saturated carbocycles. The molecule has 0 aliphatic heterocycles. The minimum Gasteiger partial charge on any atom is -0.497 e. The van der Waals surface area contributed by atoms with Crippen LogP contribution in [0, 0.1) is 0 Å². The van der Waals surface area contributed by atoms with E-state index in [1.807, 2.05) is 60.3 Å². The number of carbonyl (C=O) groups is 2. The lowest BCUT2D eigenvalue weighted by Crippen LogP contribution is -2.36. The summed E-state index contributed by atoms with van der Waals surface area (Å²) in [5.74, 6) is 0.0845. The number of benzene rings is 2. The van der Waals surface area contributed by atoms with Crippen LogP contribution < -0.4 is 10.1 Å². The van der Waals surface area contributed by atoms with Crippen LogP contribution in [0.25, 0.3) is 17.3 Å². The van der Waals surface area contributed by atoms with Gasteiger partial charge in [0.1, 0.15) is 18.0 Å². The van der Waals surface area contributed by atoms with E-state index in [9.17, 15) is 9.59 Å². The van der Waals surface area contributed by atoms with E-state index in [1.54, 1.807) is 49.8 Å². The van der Waals surface area contributed by atoms with Gasteiger partial charge in [-0.2, -0.15) is 5.10 Å². The van der Waals surface area contributed by atoms with Gasteiger partial charge in [0.25, 0.3) is 0 Å². The molecule has 8 heteroatoms. The lowest BCUT2D eigenvalue weighted by atomic mass is 10.1. The Kier molecular flexibility index (Phi) is 8.44. The second-order valence-corrected chi connectivity index (χ2v) is 8.32. The van der Waals surface area contributed by atoms with Crippen LogP contribution in [0.5, 0.6) is 5.75 Å². The molecule has 0 aliphatic carbocycles. The smallest absolute Gasteiger partial charge is 0.247 e. The Morgan fingerprint density at radius 1 is 1.08 bits per heavy atom. The molecule has 2 aromatic heterocycles.